The Bertz CT molecular complexity index is 1300. The first kappa shape index (κ1) is 27.8. The number of benzene rings is 3. The molecule has 2 aliphatic rings. The van der Waals surface area contributed by atoms with Gasteiger partial charge >= 0.3 is 0 Å². The number of aliphatic hydroxyl groups is 1. The van der Waals surface area contributed by atoms with Crippen LogP contribution in [0.15, 0.2) is 54.6 Å². The standard InChI is InChI=1S/C32H37ClFNO4/c1-20(2)39-30-19-26-22(17-29(30)37-4)11-14-35(31(26)21-5-7-24(33)8-6-21)25-9-10-27(28(34)18-25)32(3,36)23-12-15-38-16-13-23/h5-10,17-20,23,31,36H,11-16H2,1-4H3/t31-,32+/m0/s1. The Morgan fingerprint density at radius 2 is 1.77 bits per heavy atom. The van der Waals surface area contributed by atoms with Gasteiger partial charge in [0.1, 0.15) is 5.82 Å². The minimum Gasteiger partial charge on any atom is -0.493 e. The number of hydrogen-bond acceptors (Lipinski definition) is 5. The quantitative estimate of drug-likeness (QED) is 0.339. The SMILES string of the molecule is COc1cc2c(cc1OC(C)C)[C@H](c1ccc(Cl)cc1)N(c1ccc([C@](C)(O)C3CCOCC3)c(F)c1)CC2. The highest BCUT2D eigenvalue weighted by Crippen LogP contribution is 2.44. The molecule has 1 N–H and O–H groups in total. The molecule has 0 aromatic heterocycles. The molecular formula is C32H37ClFNO4. The number of halogens is 2. The second-order valence-electron chi connectivity index (χ2n) is 11.0. The van der Waals surface area contributed by atoms with Crippen molar-refractivity contribution < 1.29 is 23.7 Å². The average Bonchev–Trinajstić information content (AvgIpc) is 2.92. The summed E-state index contributed by atoms with van der Waals surface area (Å²) < 4.78 is 33.0. The zero-order valence-corrected chi connectivity index (χ0v) is 23.8. The summed E-state index contributed by atoms with van der Waals surface area (Å²) in [5.74, 6) is 0.936. The van der Waals surface area contributed by atoms with Crippen molar-refractivity contribution >= 4 is 17.3 Å². The van der Waals surface area contributed by atoms with E-state index in [1.54, 1.807) is 26.2 Å². The first-order valence-corrected chi connectivity index (χ1v) is 14.1. The Morgan fingerprint density at radius 1 is 1.05 bits per heavy atom. The summed E-state index contributed by atoms with van der Waals surface area (Å²) in [4.78, 5) is 2.22. The second-order valence-corrected chi connectivity index (χ2v) is 11.4. The summed E-state index contributed by atoms with van der Waals surface area (Å²) in [6, 6.07) is 17.0. The summed E-state index contributed by atoms with van der Waals surface area (Å²) in [6.45, 7) is 7.55. The lowest BCUT2D eigenvalue weighted by molar-refractivity contribution is -0.0598. The van der Waals surface area contributed by atoms with E-state index >= 15 is 4.39 Å². The summed E-state index contributed by atoms with van der Waals surface area (Å²) in [5, 5.41) is 12.0. The molecule has 0 bridgehead atoms. The van der Waals surface area contributed by atoms with Crippen molar-refractivity contribution in [3.05, 3.63) is 87.7 Å². The zero-order valence-electron chi connectivity index (χ0n) is 23.0. The molecule has 3 aromatic rings. The molecule has 1 saturated heterocycles. The minimum absolute atomic E-state index is 0.0178. The van der Waals surface area contributed by atoms with Crippen LogP contribution in [0.1, 0.15) is 61.9 Å². The molecule has 39 heavy (non-hydrogen) atoms. The second kappa shape index (κ2) is 11.4. The van der Waals surface area contributed by atoms with Crippen molar-refractivity contribution in [2.24, 2.45) is 5.92 Å². The van der Waals surface area contributed by atoms with Crippen LogP contribution in [0.5, 0.6) is 11.5 Å². The van der Waals surface area contributed by atoms with Crippen LogP contribution in [0.4, 0.5) is 10.1 Å². The predicted octanol–water partition coefficient (Wildman–Crippen LogP) is 7.06. The normalized spacial score (nSPS) is 19.5. The number of ether oxygens (including phenoxy) is 3. The van der Waals surface area contributed by atoms with Crippen molar-refractivity contribution in [3.63, 3.8) is 0 Å². The molecule has 0 amide bonds. The molecule has 2 heterocycles. The molecule has 0 radical (unpaired) electrons. The Kier molecular flexibility index (Phi) is 8.08. The van der Waals surface area contributed by atoms with Crippen LogP contribution in [-0.2, 0) is 16.8 Å². The highest BCUT2D eigenvalue weighted by molar-refractivity contribution is 6.30. The highest BCUT2D eigenvalue weighted by atomic mass is 35.5. The zero-order chi connectivity index (χ0) is 27.7. The summed E-state index contributed by atoms with van der Waals surface area (Å²) in [7, 11) is 1.65. The fraction of sp³-hybridized carbons (Fsp3) is 0.438. The molecular weight excluding hydrogens is 517 g/mol. The van der Waals surface area contributed by atoms with Crippen LogP contribution in [0.25, 0.3) is 0 Å². The topological polar surface area (TPSA) is 51.2 Å². The monoisotopic (exact) mass is 553 g/mol. The van der Waals surface area contributed by atoms with E-state index < -0.39 is 11.4 Å². The van der Waals surface area contributed by atoms with Crippen molar-refractivity contribution in [2.75, 3.05) is 31.8 Å². The van der Waals surface area contributed by atoms with Crippen LogP contribution in [0.2, 0.25) is 5.02 Å². The third-order valence-corrected chi connectivity index (χ3v) is 8.30. The van der Waals surface area contributed by atoms with Crippen molar-refractivity contribution in [2.45, 2.75) is 57.8 Å². The van der Waals surface area contributed by atoms with Gasteiger partial charge in [0.05, 0.1) is 24.9 Å². The van der Waals surface area contributed by atoms with E-state index in [2.05, 4.69) is 17.0 Å². The maximum Gasteiger partial charge on any atom is 0.161 e. The molecule has 0 aliphatic carbocycles. The van der Waals surface area contributed by atoms with Gasteiger partial charge in [-0.1, -0.05) is 29.8 Å². The summed E-state index contributed by atoms with van der Waals surface area (Å²) in [6.07, 6.45) is 2.16. The number of nitrogens with zero attached hydrogens (tertiary/aromatic N) is 1. The first-order chi connectivity index (χ1) is 18.7. The van der Waals surface area contributed by atoms with E-state index in [1.807, 2.05) is 44.2 Å². The number of fused-ring (bicyclic) bond motifs is 1. The maximum absolute atomic E-state index is 15.8. The van der Waals surface area contributed by atoms with Crippen LogP contribution in [0.3, 0.4) is 0 Å². The van der Waals surface area contributed by atoms with Gasteiger partial charge < -0.3 is 24.2 Å². The largest absolute Gasteiger partial charge is 0.493 e. The number of hydrogen-bond donors (Lipinski definition) is 1. The van der Waals surface area contributed by atoms with Gasteiger partial charge in [0.25, 0.3) is 0 Å². The van der Waals surface area contributed by atoms with Crippen molar-refractivity contribution in [1.29, 1.82) is 0 Å². The van der Waals surface area contributed by atoms with Crippen molar-refractivity contribution in [1.82, 2.24) is 0 Å². The van der Waals surface area contributed by atoms with Gasteiger partial charge in [0.2, 0.25) is 0 Å². The van der Waals surface area contributed by atoms with Crippen LogP contribution >= 0.6 is 11.6 Å². The van der Waals surface area contributed by atoms with Crippen LogP contribution in [0, 0.1) is 11.7 Å². The Balaban J connectivity index is 1.57. The van der Waals surface area contributed by atoms with E-state index in [0.29, 0.717) is 54.7 Å². The smallest absolute Gasteiger partial charge is 0.161 e. The van der Waals surface area contributed by atoms with Gasteiger partial charge in [-0.05, 0) is 99.0 Å². The first-order valence-electron chi connectivity index (χ1n) is 13.7. The Labute approximate surface area is 235 Å². The highest BCUT2D eigenvalue weighted by Gasteiger charge is 2.38. The number of anilines is 1. The van der Waals surface area contributed by atoms with E-state index in [4.69, 9.17) is 25.8 Å². The molecule has 2 atom stereocenters. The van der Waals surface area contributed by atoms with Gasteiger partial charge in [-0.25, -0.2) is 4.39 Å². The number of methoxy groups -OCH3 is 1. The molecule has 0 saturated carbocycles. The van der Waals surface area contributed by atoms with Gasteiger partial charge in [-0.2, -0.15) is 0 Å². The number of rotatable bonds is 7. The van der Waals surface area contributed by atoms with Crippen LogP contribution in [-0.4, -0.2) is 38.1 Å². The van der Waals surface area contributed by atoms with Crippen LogP contribution < -0.4 is 14.4 Å². The minimum atomic E-state index is -1.27. The molecule has 0 unspecified atom stereocenters. The Hall–Kier alpha value is -2.80. The molecule has 1 fully saturated rings. The van der Waals surface area contributed by atoms with E-state index in [1.165, 1.54) is 5.56 Å². The summed E-state index contributed by atoms with van der Waals surface area (Å²) >= 11 is 6.24. The third kappa shape index (κ3) is 5.60. The van der Waals surface area contributed by atoms with Gasteiger partial charge in [-0.3, -0.25) is 0 Å². The van der Waals surface area contributed by atoms with Gasteiger partial charge in [0.15, 0.2) is 11.5 Å². The lowest BCUT2D eigenvalue weighted by Crippen LogP contribution is -2.38. The molecule has 2 aliphatic heterocycles. The molecule has 5 rings (SSSR count). The van der Waals surface area contributed by atoms with Gasteiger partial charge in [-0.15, -0.1) is 0 Å². The lowest BCUT2D eigenvalue weighted by Gasteiger charge is -2.40. The maximum atomic E-state index is 15.8. The van der Waals surface area contributed by atoms with E-state index in [9.17, 15) is 5.11 Å². The lowest BCUT2D eigenvalue weighted by atomic mass is 9.78. The molecule has 208 valence electrons. The van der Waals surface area contributed by atoms with Crippen molar-refractivity contribution in [3.8, 4) is 11.5 Å². The predicted molar refractivity (Wildman–Crippen MR) is 153 cm³/mol. The molecule has 5 nitrogen and oxygen atoms in total. The fourth-order valence-corrected chi connectivity index (χ4v) is 6.11. The van der Waals surface area contributed by atoms with Gasteiger partial charge in [0, 0.05) is 36.0 Å². The third-order valence-electron chi connectivity index (χ3n) is 8.05. The fourth-order valence-electron chi connectivity index (χ4n) is 5.99. The molecule has 3 aromatic carbocycles. The average molecular weight is 554 g/mol. The Morgan fingerprint density at radius 3 is 2.41 bits per heavy atom. The van der Waals surface area contributed by atoms with E-state index in [-0.39, 0.29) is 18.1 Å². The molecule has 7 heteroatoms. The van der Waals surface area contributed by atoms with E-state index in [0.717, 1.165) is 23.2 Å². The molecule has 0 spiro atoms. The summed E-state index contributed by atoms with van der Waals surface area (Å²) in [5.41, 5.74) is 3.11.